The lowest BCUT2D eigenvalue weighted by Crippen LogP contribution is -2.21. The van der Waals surface area contributed by atoms with Crippen LogP contribution < -0.4 is 5.32 Å². The average Bonchev–Trinajstić information content (AvgIpc) is 2.86. The van der Waals surface area contributed by atoms with Crippen molar-refractivity contribution >= 4 is 0 Å². The molecule has 14 heavy (non-hydrogen) atoms. The van der Waals surface area contributed by atoms with E-state index in [9.17, 15) is 0 Å². The molecular formula is C12H22N2. The van der Waals surface area contributed by atoms with Crippen molar-refractivity contribution in [1.82, 2.24) is 10.2 Å². The van der Waals surface area contributed by atoms with Gasteiger partial charge in [0.05, 0.1) is 0 Å². The van der Waals surface area contributed by atoms with Crippen LogP contribution in [0.1, 0.15) is 26.2 Å². The monoisotopic (exact) mass is 194 g/mol. The minimum Gasteiger partial charge on any atom is -0.385 e. The first-order valence-electron chi connectivity index (χ1n) is 5.37. The van der Waals surface area contributed by atoms with Crippen LogP contribution in [0.4, 0.5) is 0 Å². The maximum Gasteiger partial charge on any atom is 0.0356 e. The summed E-state index contributed by atoms with van der Waals surface area (Å²) in [5.74, 6) is 0. The summed E-state index contributed by atoms with van der Waals surface area (Å²) in [5.41, 5.74) is 4.06. The predicted molar refractivity (Wildman–Crippen MR) is 62.2 cm³/mol. The SMILES string of the molecule is C=C(C)C(NCCCN(C)C)=C1CC1. The molecule has 0 heterocycles. The topological polar surface area (TPSA) is 15.3 Å². The second-order valence-electron chi connectivity index (χ2n) is 4.34. The second kappa shape index (κ2) is 5.20. The number of nitrogens with one attached hydrogen (secondary N) is 1. The smallest absolute Gasteiger partial charge is 0.0356 e. The standard InChI is InChI=1S/C12H22N2/c1-10(2)12(11-6-7-11)13-8-5-9-14(3)4/h13H,1,5-9H2,2-4H3. The Kier molecular flexibility index (Phi) is 4.21. The fourth-order valence-electron chi connectivity index (χ4n) is 1.50. The Morgan fingerprint density at radius 3 is 2.50 bits per heavy atom. The van der Waals surface area contributed by atoms with Crippen LogP contribution in [0, 0.1) is 0 Å². The van der Waals surface area contributed by atoms with E-state index in [2.05, 4.69) is 37.8 Å². The molecule has 0 unspecified atom stereocenters. The van der Waals surface area contributed by atoms with Crippen molar-refractivity contribution in [2.75, 3.05) is 27.2 Å². The van der Waals surface area contributed by atoms with E-state index < -0.39 is 0 Å². The molecule has 0 aliphatic heterocycles. The number of hydrogen-bond donors (Lipinski definition) is 1. The number of hydrogen-bond acceptors (Lipinski definition) is 2. The number of nitrogens with zero attached hydrogens (tertiary/aromatic N) is 1. The van der Waals surface area contributed by atoms with E-state index in [1.54, 1.807) is 5.57 Å². The van der Waals surface area contributed by atoms with Crippen molar-refractivity contribution < 1.29 is 0 Å². The van der Waals surface area contributed by atoms with Crippen molar-refractivity contribution in [3.8, 4) is 0 Å². The summed E-state index contributed by atoms with van der Waals surface area (Å²) in [6, 6.07) is 0. The predicted octanol–water partition coefficient (Wildman–Crippen LogP) is 2.15. The Morgan fingerprint density at radius 1 is 1.43 bits per heavy atom. The van der Waals surface area contributed by atoms with Gasteiger partial charge >= 0.3 is 0 Å². The van der Waals surface area contributed by atoms with Gasteiger partial charge in [0, 0.05) is 12.2 Å². The lowest BCUT2D eigenvalue weighted by atomic mass is 10.2. The van der Waals surface area contributed by atoms with Gasteiger partial charge in [-0.1, -0.05) is 6.58 Å². The molecule has 80 valence electrons. The van der Waals surface area contributed by atoms with Crippen molar-refractivity contribution in [3.63, 3.8) is 0 Å². The first-order valence-corrected chi connectivity index (χ1v) is 5.37. The average molecular weight is 194 g/mol. The third-order valence-corrected chi connectivity index (χ3v) is 2.36. The lowest BCUT2D eigenvalue weighted by molar-refractivity contribution is 0.398. The molecule has 1 aliphatic carbocycles. The van der Waals surface area contributed by atoms with Gasteiger partial charge in [-0.3, -0.25) is 0 Å². The maximum atomic E-state index is 4.00. The minimum atomic E-state index is 1.06. The Hall–Kier alpha value is -0.760. The molecule has 1 aliphatic rings. The molecule has 0 radical (unpaired) electrons. The molecule has 0 aromatic rings. The van der Waals surface area contributed by atoms with Crippen LogP contribution in [0.2, 0.25) is 0 Å². The molecule has 0 atom stereocenters. The fraction of sp³-hybridized carbons (Fsp3) is 0.667. The van der Waals surface area contributed by atoms with E-state index in [1.807, 2.05) is 0 Å². The molecule has 2 heteroatoms. The van der Waals surface area contributed by atoms with E-state index in [0.717, 1.165) is 13.1 Å². The summed E-state index contributed by atoms with van der Waals surface area (Å²) in [4.78, 5) is 2.21. The van der Waals surface area contributed by atoms with Gasteiger partial charge in [0.25, 0.3) is 0 Å². The van der Waals surface area contributed by atoms with E-state index >= 15 is 0 Å². The molecule has 0 bridgehead atoms. The molecular weight excluding hydrogens is 172 g/mol. The van der Waals surface area contributed by atoms with Gasteiger partial charge in [-0.05, 0) is 58.0 Å². The van der Waals surface area contributed by atoms with E-state index in [1.165, 1.54) is 30.5 Å². The second-order valence-corrected chi connectivity index (χ2v) is 4.34. The zero-order valence-corrected chi connectivity index (χ0v) is 9.69. The molecule has 0 spiro atoms. The molecule has 0 saturated heterocycles. The summed E-state index contributed by atoms with van der Waals surface area (Å²) in [6.45, 7) is 8.29. The van der Waals surface area contributed by atoms with Crippen molar-refractivity contribution in [1.29, 1.82) is 0 Å². The van der Waals surface area contributed by atoms with E-state index in [0.29, 0.717) is 0 Å². The van der Waals surface area contributed by atoms with E-state index in [-0.39, 0.29) is 0 Å². The van der Waals surface area contributed by atoms with Crippen LogP contribution in [0.25, 0.3) is 0 Å². The van der Waals surface area contributed by atoms with Gasteiger partial charge < -0.3 is 10.2 Å². The van der Waals surface area contributed by atoms with Crippen LogP contribution in [-0.2, 0) is 0 Å². The molecule has 1 fully saturated rings. The molecule has 2 nitrogen and oxygen atoms in total. The normalized spacial score (nSPS) is 14.4. The minimum absolute atomic E-state index is 1.06. The number of rotatable bonds is 6. The van der Waals surface area contributed by atoms with Gasteiger partial charge in [-0.2, -0.15) is 0 Å². The maximum absolute atomic E-state index is 4.00. The highest BCUT2D eigenvalue weighted by Crippen LogP contribution is 2.32. The summed E-state index contributed by atoms with van der Waals surface area (Å²) in [5, 5.41) is 3.49. The van der Waals surface area contributed by atoms with Crippen LogP contribution in [0.3, 0.4) is 0 Å². The van der Waals surface area contributed by atoms with Crippen LogP contribution in [0.15, 0.2) is 23.4 Å². The summed E-state index contributed by atoms with van der Waals surface area (Å²) < 4.78 is 0. The molecule has 1 saturated carbocycles. The molecule has 0 amide bonds. The van der Waals surface area contributed by atoms with Crippen molar-refractivity contribution in [3.05, 3.63) is 23.4 Å². The Balaban J connectivity index is 2.23. The zero-order chi connectivity index (χ0) is 10.6. The van der Waals surface area contributed by atoms with Gasteiger partial charge in [0.15, 0.2) is 0 Å². The lowest BCUT2D eigenvalue weighted by Gasteiger charge is -2.13. The summed E-state index contributed by atoms with van der Waals surface area (Å²) in [7, 11) is 4.22. The van der Waals surface area contributed by atoms with Crippen molar-refractivity contribution in [2.24, 2.45) is 0 Å². The molecule has 0 aromatic carbocycles. The fourth-order valence-corrected chi connectivity index (χ4v) is 1.50. The van der Waals surface area contributed by atoms with Crippen LogP contribution in [-0.4, -0.2) is 32.1 Å². The van der Waals surface area contributed by atoms with Crippen molar-refractivity contribution in [2.45, 2.75) is 26.2 Å². The van der Waals surface area contributed by atoms with Crippen LogP contribution in [0.5, 0.6) is 0 Å². The third-order valence-electron chi connectivity index (χ3n) is 2.36. The zero-order valence-electron chi connectivity index (χ0n) is 9.69. The number of allylic oxidation sites excluding steroid dienone is 2. The molecule has 1 rings (SSSR count). The van der Waals surface area contributed by atoms with Gasteiger partial charge in [0.2, 0.25) is 0 Å². The molecule has 0 aromatic heterocycles. The highest BCUT2D eigenvalue weighted by Gasteiger charge is 2.17. The van der Waals surface area contributed by atoms with Crippen LogP contribution >= 0.6 is 0 Å². The van der Waals surface area contributed by atoms with Gasteiger partial charge in [-0.15, -0.1) is 0 Å². The summed E-state index contributed by atoms with van der Waals surface area (Å²) in [6.07, 6.45) is 3.73. The first kappa shape index (κ1) is 11.3. The summed E-state index contributed by atoms with van der Waals surface area (Å²) >= 11 is 0. The van der Waals surface area contributed by atoms with Gasteiger partial charge in [-0.25, -0.2) is 0 Å². The Morgan fingerprint density at radius 2 is 2.07 bits per heavy atom. The molecule has 1 N–H and O–H groups in total. The highest BCUT2D eigenvalue weighted by atomic mass is 15.1. The largest absolute Gasteiger partial charge is 0.385 e. The van der Waals surface area contributed by atoms with E-state index in [4.69, 9.17) is 0 Å². The van der Waals surface area contributed by atoms with Gasteiger partial charge in [0.1, 0.15) is 0 Å². The third kappa shape index (κ3) is 3.97. The Labute approximate surface area is 87.7 Å². The first-order chi connectivity index (χ1) is 6.61. The highest BCUT2D eigenvalue weighted by molar-refractivity contribution is 5.36. The quantitative estimate of drug-likeness (QED) is 0.652. The Bertz CT molecular complexity index is 233.